The quantitative estimate of drug-likeness (QED) is 0.301. The van der Waals surface area contributed by atoms with Crippen molar-refractivity contribution < 1.29 is 66.4 Å². The zero-order valence-corrected chi connectivity index (χ0v) is 6.24. The molecule has 0 aliphatic carbocycles. The van der Waals surface area contributed by atoms with Gasteiger partial charge in [-0.15, -0.1) is 0 Å². The molecule has 0 atom stereocenters. The van der Waals surface area contributed by atoms with Gasteiger partial charge in [0.15, 0.2) is 0 Å². The van der Waals surface area contributed by atoms with Crippen molar-refractivity contribution in [2.24, 2.45) is 0 Å². The summed E-state index contributed by atoms with van der Waals surface area (Å²) >= 11 is 0. The van der Waals surface area contributed by atoms with Gasteiger partial charge in [-0.05, 0) is 0 Å². The molecule has 8 heavy (non-hydrogen) atoms. The molecule has 0 aliphatic heterocycles. The van der Waals surface area contributed by atoms with E-state index in [1.54, 1.807) is 0 Å². The van der Waals surface area contributed by atoms with Gasteiger partial charge >= 0.3 is 38.1 Å². The normalized spacial score (nSPS) is 0. The summed E-state index contributed by atoms with van der Waals surface area (Å²) in [6, 6.07) is 0. The van der Waals surface area contributed by atoms with Gasteiger partial charge in [-0.25, -0.2) is 0 Å². The summed E-state index contributed by atoms with van der Waals surface area (Å²) < 4.78 is 0. The molecule has 8 heteroatoms. The van der Waals surface area contributed by atoms with E-state index < -0.39 is 0 Å². The summed E-state index contributed by atoms with van der Waals surface area (Å²) in [5.41, 5.74) is 0. The minimum atomic E-state index is 0. The molecule has 0 aliphatic rings. The second kappa shape index (κ2) is 578. The van der Waals surface area contributed by atoms with Crippen molar-refractivity contribution in [3.8, 4) is 0 Å². The number of hydrogen-bond donors (Lipinski definition) is 0. The van der Waals surface area contributed by atoms with Crippen molar-refractivity contribution in [2.45, 2.75) is 0 Å². The third-order valence-corrected chi connectivity index (χ3v) is 0. The first-order valence-electron chi connectivity index (χ1n) is 0. The van der Waals surface area contributed by atoms with Gasteiger partial charge in [0.2, 0.25) is 0 Å². The number of halogens is 6. The van der Waals surface area contributed by atoms with Gasteiger partial charge in [0.05, 0.1) is 0 Å². The van der Waals surface area contributed by atoms with Gasteiger partial charge in [0.25, 0.3) is 0 Å². The molecule has 0 fully saturated rings. The van der Waals surface area contributed by atoms with Gasteiger partial charge in [-0.2, -0.15) is 0 Å². The van der Waals surface area contributed by atoms with Crippen LogP contribution in [0.5, 0.6) is 0 Å². The van der Waals surface area contributed by atoms with E-state index in [-0.39, 0.29) is 66.4 Å². The minimum absolute atomic E-state index is 0. The molecule has 1 radical (unpaired) electrons. The molecule has 0 amide bonds. The first-order chi connectivity index (χ1) is 0. The van der Waals surface area contributed by atoms with Crippen molar-refractivity contribution in [3.05, 3.63) is 0 Å². The summed E-state index contributed by atoms with van der Waals surface area (Å²) in [7, 11) is 0. The second-order valence-electron chi connectivity index (χ2n) is 0. The van der Waals surface area contributed by atoms with E-state index in [9.17, 15) is 0 Å². The Hall–Kier alpha value is 0.788. The zero-order chi connectivity index (χ0) is 0. The maximum Gasteiger partial charge on any atom is 4.00 e. The van der Waals surface area contributed by atoms with Crippen LogP contribution in [0.2, 0.25) is 0 Å². The van der Waals surface area contributed by atoms with Crippen LogP contribution >= 0.6 is 0 Å². The second-order valence-corrected chi connectivity index (χ2v) is 0. The van der Waals surface area contributed by atoms with Gasteiger partial charge < -0.3 is 28.2 Å². The largest absolute Gasteiger partial charge is 4.00 e. The summed E-state index contributed by atoms with van der Waals surface area (Å²) in [4.78, 5) is 0. The molecule has 0 aromatic heterocycles. The van der Waals surface area contributed by atoms with Crippen molar-refractivity contribution in [1.29, 1.82) is 0 Å². The topological polar surface area (TPSA) is 0 Å². The van der Waals surface area contributed by atoms with E-state index >= 15 is 0 Å². The van der Waals surface area contributed by atoms with Gasteiger partial charge in [-0.3, -0.25) is 0 Å². The fraction of sp³-hybridized carbons (Fsp3) is 0. The average molecular weight is 265 g/mol. The summed E-state index contributed by atoms with van der Waals surface area (Å²) in [5.74, 6) is 0. The fourth-order valence-corrected chi connectivity index (χ4v) is 0. The van der Waals surface area contributed by atoms with Crippen LogP contribution < -0.4 is 28.2 Å². The van der Waals surface area contributed by atoms with Crippen molar-refractivity contribution in [3.63, 3.8) is 0 Å². The van der Waals surface area contributed by atoms with Crippen LogP contribution in [0.1, 0.15) is 0 Å². The maximum atomic E-state index is 0. The Morgan fingerprint density at radius 3 is 0.375 bits per heavy atom. The van der Waals surface area contributed by atoms with Crippen LogP contribution in [-0.4, -0.2) is 0 Å². The molecule has 0 unspecified atom stereocenters. The molecule has 0 saturated carbocycles. The van der Waals surface area contributed by atoms with Crippen LogP contribution in [0.15, 0.2) is 0 Å². The standard InChI is InChI=1S/6FH.Mn.Mo/h6*1H;;/q;;;;;;+2;+4/p-6. The molecule has 55 valence electrons. The predicted molar refractivity (Wildman–Crippen MR) is 0 cm³/mol. The molecule has 0 saturated heterocycles. The maximum absolute atomic E-state index is 0. The molecule has 0 N–H and O–H groups in total. The third-order valence-electron chi connectivity index (χ3n) is 0. The van der Waals surface area contributed by atoms with E-state index in [1.165, 1.54) is 0 Å². The van der Waals surface area contributed by atoms with E-state index in [0.717, 1.165) is 0 Å². The Morgan fingerprint density at radius 1 is 0.375 bits per heavy atom. The van der Waals surface area contributed by atoms with Gasteiger partial charge in [0.1, 0.15) is 0 Å². The Kier molecular flexibility index (Phi) is 62100. The molecule has 0 aromatic rings. The van der Waals surface area contributed by atoms with Crippen LogP contribution in [0.3, 0.4) is 0 Å². The predicted octanol–water partition coefficient (Wildman–Crippen LogP) is -18.0. The Labute approximate surface area is 66.7 Å². The molecule has 0 heterocycles. The van der Waals surface area contributed by atoms with Crippen molar-refractivity contribution in [2.75, 3.05) is 0 Å². The van der Waals surface area contributed by atoms with Gasteiger partial charge in [-0.1, -0.05) is 0 Å². The van der Waals surface area contributed by atoms with E-state index in [4.69, 9.17) is 0 Å². The minimum Gasteiger partial charge on any atom is -1.00 e. The van der Waals surface area contributed by atoms with E-state index in [0.29, 0.717) is 0 Å². The SMILES string of the molecule is [F-].[F-].[F-].[F-].[F-].[F-].[Mn+2].[Mo+4]. The van der Waals surface area contributed by atoms with Crippen LogP contribution in [0.25, 0.3) is 0 Å². The number of rotatable bonds is 0. The van der Waals surface area contributed by atoms with E-state index in [1.807, 2.05) is 0 Å². The average Bonchev–Trinajstić information content (AvgIpc) is 0. The molecule has 0 spiro atoms. The summed E-state index contributed by atoms with van der Waals surface area (Å²) in [5, 5.41) is 0. The molecule has 0 aromatic carbocycles. The molecular weight excluding hydrogens is 265 g/mol. The zero-order valence-electron chi connectivity index (χ0n) is 3.05. The van der Waals surface area contributed by atoms with Crippen molar-refractivity contribution >= 4 is 0 Å². The first kappa shape index (κ1) is 859. The number of hydrogen-bond acceptors (Lipinski definition) is 0. The van der Waals surface area contributed by atoms with Crippen LogP contribution in [-0.2, 0) is 38.1 Å². The monoisotopic (exact) mass is 267 g/mol. The first-order valence-corrected chi connectivity index (χ1v) is 0. The Bertz CT molecular complexity index is 8.49. The molecular formula is F6MnMo. The Balaban J connectivity index is 0. The summed E-state index contributed by atoms with van der Waals surface area (Å²) in [6.45, 7) is 0. The molecule has 0 nitrogen and oxygen atoms in total. The fourth-order valence-electron chi connectivity index (χ4n) is 0. The van der Waals surface area contributed by atoms with Crippen LogP contribution in [0, 0.1) is 0 Å². The van der Waals surface area contributed by atoms with Gasteiger partial charge in [0, 0.05) is 0 Å². The van der Waals surface area contributed by atoms with E-state index in [2.05, 4.69) is 0 Å². The smallest absolute Gasteiger partial charge is 1.00 e. The molecule has 0 bridgehead atoms. The summed E-state index contributed by atoms with van der Waals surface area (Å²) in [6.07, 6.45) is 0. The Morgan fingerprint density at radius 2 is 0.375 bits per heavy atom. The van der Waals surface area contributed by atoms with Crippen molar-refractivity contribution in [1.82, 2.24) is 0 Å². The van der Waals surface area contributed by atoms with Crippen LogP contribution in [0.4, 0.5) is 0 Å². The molecule has 0 rings (SSSR count). The third kappa shape index (κ3) is 366.